The van der Waals surface area contributed by atoms with Gasteiger partial charge in [-0.2, -0.15) is 0 Å². The molecule has 1 aliphatic rings. The topological polar surface area (TPSA) is 69.1 Å². The molecule has 6 nitrogen and oxygen atoms in total. The summed E-state index contributed by atoms with van der Waals surface area (Å²) in [5.41, 5.74) is -0.153. The molecule has 1 fully saturated rings. The average Bonchev–Trinajstić information content (AvgIpc) is 3.27. The second-order valence-electron chi connectivity index (χ2n) is 7.92. The van der Waals surface area contributed by atoms with Gasteiger partial charge in [0.25, 0.3) is 0 Å². The Balaban J connectivity index is 0.00000341. The molecule has 0 amide bonds. The third-order valence-electron chi connectivity index (χ3n) is 5.33. The van der Waals surface area contributed by atoms with E-state index in [1.807, 2.05) is 37.3 Å². The second-order valence-corrected chi connectivity index (χ2v) is 8.90. The van der Waals surface area contributed by atoms with Crippen molar-refractivity contribution in [3.63, 3.8) is 0 Å². The van der Waals surface area contributed by atoms with Crippen molar-refractivity contribution >= 4 is 41.3 Å². The Morgan fingerprint density at radius 1 is 1.29 bits per heavy atom. The van der Waals surface area contributed by atoms with Gasteiger partial charge in [0.1, 0.15) is 5.60 Å². The van der Waals surface area contributed by atoms with Crippen LogP contribution in [-0.4, -0.2) is 61.4 Å². The summed E-state index contributed by atoms with van der Waals surface area (Å²) in [6.07, 6.45) is 0.240. The normalized spacial score (nSPS) is 20.4. The highest BCUT2D eigenvalue weighted by atomic mass is 127. The molecular formula is C23H35IN4O2S. The number of ether oxygens (including phenoxy) is 1. The van der Waals surface area contributed by atoms with Gasteiger partial charge in [0.05, 0.1) is 25.3 Å². The molecule has 1 aromatic carbocycles. The fraction of sp³-hybridized carbons (Fsp3) is 0.522. The number of hydrogen-bond acceptors (Lipinski definition) is 5. The van der Waals surface area contributed by atoms with E-state index in [1.54, 1.807) is 18.3 Å². The Morgan fingerprint density at radius 2 is 2.06 bits per heavy atom. The molecular weight excluding hydrogens is 523 g/mol. The van der Waals surface area contributed by atoms with Crippen LogP contribution in [0, 0.1) is 0 Å². The van der Waals surface area contributed by atoms with Crippen LogP contribution in [0.4, 0.5) is 0 Å². The number of nitrogens with zero attached hydrogens (tertiary/aromatic N) is 2. The Kier molecular flexibility index (Phi) is 10.7. The summed E-state index contributed by atoms with van der Waals surface area (Å²) in [5.74, 6) is 0.719. The first-order valence-electron chi connectivity index (χ1n) is 10.7. The van der Waals surface area contributed by atoms with Gasteiger partial charge in [-0.3, -0.25) is 4.90 Å². The van der Waals surface area contributed by atoms with Gasteiger partial charge in [-0.25, -0.2) is 4.99 Å². The van der Waals surface area contributed by atoms with Crippen LogP contribution in [0.25, 0.3) is 0 Å². The van der Waals surface area contributed by atoms with Crippen LogP contribution in [-0.2, 0) is 10.3 Å². The molecule has 2 aromatic rings. The van der Waals surface area contributed by atoms with Crippen LogP contribution >= 0.6 is 35.3 Å². The third kappa shape index (κ3) is 7.71. The zero-order valence-corrected chi connectivity index (χ0v) is 21.7. The van der Waals surface area contributed by atoms with Crippen molar-refractivity contribution < 1.29 is 9.84 Å². The van der Waals surface area contributed by atoms with Crippen LogP contribution < -0.4 is 10.6 Å². The quantitative estimate of drug-likeness (QED) is 0.263. The highest BCUT2D eigenvalue weighted by molar-refractivity contribution is 14.0. The van der Waals surface area contributed by atoms with E-state index < -0.39 is 5.60 Å². The van der Waals surface area contributed by atoms with Gasteiger partial charge in [-0.15, -0.1) is 35.3 Å². The smallest absolute Gasteiger partial charge is 0.191 e. The minimum atomic E-state index is -1.02. The van der Waals surface area contributed by atoms with Crippen LogP contribution in [0.2, 0.25) is 0 Å². The molecule has 31 heavy (non-hydrogen) atoms. The van der Waals surface area contributed by atoms with Crippen molar-refractivity contribution in [1.82, 2.24) is 15.5 Å². The summed E-state index contributed by atoms with van der Waals surface area (Å²) in [6, 6.07) is 14.2. The predicted molar refractivity (Wildman–Crippen MR) is 139 cm³/mol. The van der Waals surface area contributed by atoms with Crippen LogP contribution in [0.5, 0.6) is 0 Å². The molecule has 1 aromatic heterocycles. The van der Waals surface area contributed by atoms with Gasteiger partial charge in [-0.05, 0) is 37.8 Å². The molecule has 172 valence electrons. The summed E-state index contributed by atoms with van der Waals surface area (Å²) in [7, 11) is 0. The maximum atomic E-state index is 10.9. The van der Waals surface area contributed by atoms with Crippen molar-refractivity contribution in [2.75, 3.05) is 39.3 Å². The number of thiophene rings is 1. The van der Waals surface area contributed by atoms with Crippen LogP contribution in [0.15, 0.2) is 52.8 Å². The van der Waals surface area contributed by atoms with Crippen LogP contribution in [0.3, 0.4) is 0 Å². The van der Waals surface area contributed by atoms with E-state index in [-0.39, 0.29) is 42.7 Å². The molecule has 0 radical (unpaired) electrons. The number of hydrogen-bond donors (Lipinski definition) is 3. The van der Waals surface area contributed by atoms with Gasteiger partial charge in [0.15, 0.2) is 5.96 Å². The average molecular weight is 559 g/mol. The number of nitrogens with one attached hydrogen (secondary N) is 2. The lowest BCUT2D eigenvalue weighted by Gasteiger charge is -2.37. The molecule has 2 heterocycles. The fourth-order valence-electron chi connectivity index (χ4n) is 3.68. The summed E-state index contributed by atoms with van der Waals surface area (Å²) in [6.45, 7) is 10.4. The van der Waals surface area contributed by atoms with Crippen molar-refractivity contribution in [1.29, 1.82) is 0 Å². The van der Waals surface area contributed by atoms with Gasteiger partial charge in [0, 0.05) is 31.1 Å². The summed E-state index contributed by atoms with van der Waals surface area (Å²) in [4.78, 5) is 8.50. The standard InChI is InChI=1S/C23H34N4O2S.HI/c1-4-24-22(26-17-23(3,28)19-9-6-5-7-10-19)25-15-20(21-11-8-14-30-21)27-12-13-29-18(2)16-27;/h5-11,14,18,20,28H,4,12-13,15-17H2,1-3H3,(H2,24,25,26);1H. The number of aliphatic hydroxyl groups is 1. The SMILES string of the molecule is CCNC(=NCC(C)(O)c1ccccc1)NCC(c1cccs1)N1CCOC(C)C1.I. The number of aliphatic imine (C=N–C) groups is 1. The number of guanidine groups is 1. The molecule has 0 spiro atoms. The summed E-state index contributed by atoms with van der Waals surface area (Å²) >= 11 is 1.78. The summed E-state index contributed by atoms with van der Waals surface area (Å²) in [5, 5.41) is 19.8. The minimum Gasteiger partial charge on any atom is -0.384 e. The van der Waals surface area contributed by atoms with E-state index in [1.165, 1.54) is 4.88 Å². The lowest BCUT2D eigenvalue weighted by Crippen LogP contribution is -2.48. The van der Waals surface area contributed by atoms with Gasteiger partial charge >= 0.3 is 0 Å². The van der Waals surface area contributed by atoms with Crippen molar-refractivity contribution in [3.8, 4) is 0 Å². The fourth-order valence-corrected chi connectivity index (χ4v) is 4.54. The van der Waals surface area contributed by atoms with E-state index in [9.17, 15) is 5.11 Å². The van der Waals surface area contributed by atoms with Crippen molar-refractivity contribution in [2.45, 2.75) is 38.5 Å². The largest absolute Gasteiger partial charge is 0.384 e. The third-order valence-corrected chi connectivity index (χ3v) is 6.31. The van der Waals surface area contributed by atoms with E-state index >= 15 is 0 Å². The maximum absolute atomic E-state index is 10.9. The van der Waals surface area contributed by atoms with E-state index in [4.69, 9.17) is 4.74 Å². The monoisotopic (exact) mass is 558 g/mol. The highest BCUT2D eigenvalue weighted by Crippen LogP contribution is 2.26. The Bertz CT molecular complexity index is 786. The summed E-state index contributed by atoms with van der Waals surface area (Å²) < 4.78 is 5.74. The van der Waals surface area contributed by atoms with Gasteiger partial charge in [0.2, 0.25) is 0 Å². The Morgan fingerprint density at radius 3 is 2.71 bits per heavy atom. The number of benzene rings is 1. The second kappa shape index (κ2) is 12.7. The molecule has 0 aliphatic carbocycles. The molecule has 3 rings (SSSR count). The Labute approximate surface area is 207 Å². The molecule has 1 saturated heterocycles. The molecule has 3 unspecified atom stereocenters. The molecule has 0 saturated carbocycles. The lowest BCUT2D eigenvalue weighted by molar-refractivity contribution is -0.0334. The van der Waals surface area contributed by atoms with Gasteiger partial charge in [-0.1, -0.05) is 36.4 Å². The first-order chi connectivity index (χ1) is 14.5. The first-order valence-corrected chi connectivity index (χ1v) is 11.6. The Hall–Kier alpha value is -1.20. The lowest BCUT2D eigenvalue weighted by atomic mass is 9.96. The molecule has 3 atom stereocenters. The van der Waals surface area contributed by atoms with E-state index in [0.29, 0.717) is 0 Å². The predicted octanol–water partition coefficient (Wildman–Crippen LogP) is 3.59. The highest BCUT2D eigenvalue weighted by Gasteiger charge is 2.27. The number of morpholine rings is 1. The van der Waals surface area contributed by atoms with Crippen molar-refractivity contribution in [2.24, 2.45) is 4.99 Å². The number of halogens is 1. The van der Waals surface area contributed by atoms with Gasteiger partial charge < -0.3 is 20.5 Å². The zero-order chi connectivity index (χ0) is 21.4. The van der Waals surface area contributed by atoms with E-state index in [0.717, 1.165) is 44.3 Å². The molecule has 8 heteroatoms. The zero-order valence-electron chi connectivity index (χ0n) is 18.6. The molecule has 3 N–H and O–H groups in total. The number of rotatable bonds is 8. The maximum Gasteiger partial charge on any atom is 0.191 e. The van der Waals surface area contributed by atoms with Crippen LogP contribution in [0.1, 0.15) is 37.3 Å². The first kappa shape index (κ1) is 26.1. The van der Waals surface area contributed by atoms with E-state index in [2.05, 4.69) is 45.0 Å². The molecule has 1 aliphatic heterocycles. The molecule has 0 bridgehead atoms. The van der Waals surface area contributed by atoms with Crippen molar-refractivity contribution in [3.05, 3.63) is 58.3 Å². The minimum absolute atomic E-state index is 0.